The highest BCUT2D eigenvalue weighted by Crippen LogP contribution is 2.22. The van der Waals surface area contributed by atoms with E-state index in [0.717, 1.165) is 0 Å². The van der Waals surface area contributed by atoms with Crippen molar-refractivity contribution >= 4 is 39.0 Å². The standard InChI is InChI=1S/C10H6BrClFN3/c11-9-4-14-5-10(16-9)15-8-2-1-6(12)3-7(8)13/h1-5H,(H,15,16). The largest absolute Gasteiger partial charge is 0.337 e. The maximum absolute atomic E-state index is 13.4. The quantitative estimate of drug-likeness (QED) is 0.917. The molecule has 0 amide bonds. The minimum Gasteiger partial charge on any atom is -0.337 e. The van der Waals surface area contributed by atoms with Crippen LogP contribution in [0.4, 0.5) is 15.9 Å². The van der Waals surface area contributed by atoms with Crippen molar-refractivity contribution in [3.8, 4) is 0 Å². The zero-order valence-corrected chi connectivity index (χ0v) is 10.3. The SMILES string of the molecule is Fc1cc(Cl)ccc1Nc1cncc(Br)n1. The number of aromatic nitrogens is 2. The summed E-state index contributed by atoms with van der Waals surface area (Å²) in [6.07, 6.45) is 3.04. The first-order chi connectivity index (χ1) is 7.65. The van der Waals surface area contributed by atoms with Crippen LogP contribution in [0.15, 0.2) is 35.2 Å². The molecule has 0 atom stereocenters. The average Bonchev–Trinajstić information content (AvgIpc) is 2.22. The van der Waals surface area contributed by atoms with Crippen molar-refractivity contribution in [2.75, 3.05) is 5.32 Å². The Bertz CT molecular complexity index is 521. The van der Waals surface area contributed by atoms with E-state index in [-0.39, 0.29) is 0 Å². The van der Waals surface area contributed by atoms with Crippen LogP contribution in [0.25, 0.3) is 0 Å². The predicted molar refractivity (Wildman–Crippen MR) is 64.4 cm³/mol. The molecule has 0 fully saturated rings. The van der Waals surface area contributed by atoms with Crippen molar-refractivity contribution in [3.63, 3.8) is 0 Å². The van der Waals surface area contributed by atoms with E-state index in [4.69, 9.17) is 11.6 Å². The second kappa shape index (κ2) is 4.76. The van der Waals surface area contributed by atoms with Crippen molar-refractivity contribution in [3.05, 3.63) is 46.0 Å². The van der Waals surface area contributed by atoms with Crippen LogP contribution < -0.4 is 5.32 Å². The summed E-state index contributed by atoms with van der Waals surface area (Å²) in [6, 6.07) is 4.37. The van der Waals surface area contributed by atoms with Crippen molar-refractivity contribution in [1.29, 1.82) is 0 Å². The summed E-state index contributed by atoms with van der Waals surface area (Å²) in [4.78, 5) is 7.98. The Morgan fingerprint density at radius 1 is 1.31 bits per heavy atom. The van der Waals surface area contributed by atoms with Gasteiger partial charge in [0, 0.05) is 5.02 Å². The molecular weight excluding hydrogens is 296 g/mol. The molecule has 0 radical (unpaired) electrons. The Morgan fingerprint density at radius 2 is 2.12 bits per heavy atom. The van der Waals surface area contributed by atoms with Crippen LogP contribution in [0.1, 0.15) is 0 Å². The molecule has 2 rings (SSSR count). The van der Waals surface area contributed by atoms with Crippen LogP contribution in [0, 0.1) is 5.82 Å². The third-order valence-corrected chi connectivity index (χ3v) is 2.42. The fraction of sp³-hybridized carbons (Fsp3) is 0. The van der Waals surface area contributed by atoms with Crippen LogP contribution in [-0.2, 0) is 0 Å². The molecule has 0 saturated carbocycles. The van der Waals surface area contributed by atoms with Gasteiger partial charge in [-0.1, -0.05) is 11.6 Å². The molecule has 6 heteroatoms. The van der Waals surface area contributed by atoms with E-state index in [1.54, 1.807) is 18.3 Å². The van der Waals surface area contributed by atoms with Crippen LogP contribution in [0.2, 0.25) is 5.02 Å². The summed E-state index contributed by atoms with van der Waals surface area (Å²) in [5.74, 6) is 0.0184. The Balaban J connectivity index is 2.27. The summed E-state index contributed by atoms with van der Waals surface area (Å²) >= 11 is 8.82. The third-order valence-electron chi connectivity index (χ3n) is 1.80. The maximum atomic E-state index is 13.4. The van der Waals surface area contributed by atoms with E-state index < -0.39 is 5.82 Å². The van der Waals surface area contributed by atoms with Gasteiger partial charge in [-0.05, 0) is 34.1 Å². The summed E-state index contributed by atoms with van der Waals surface area (Å²) in [5, 5.41) is 3.15. The maximum Gasteiger partial charge on any atom is 0.150 e. The smallest absolute Gasteiger partial charge is 0.150 e. The van der Waals surface area contributed by atoms with Crippen LogP contribution >= 0.6 is 27.5 Å². The van der Waals surface area contributed by atoms with Gasteiger partial charge >= 0.3 is 0 Å². The van der Waals surface area contributed by atoms with E-state index in [1.165, 1.54) is 12.3 Å². The molecule has 0 aliphatic carbocycles. The Morgan fingerprint density at radius 3 is 2.81 bits per heavy atom. The molecule has 2 aromatic rings. The summed E-state index contributed by atoms with van der Waals surface area (Å²) in [6.45, 7) is 0. The summed E-state index contributed by atoms with van der Waals surface area (Å²) in [7, 11) is 0. The van der Waals surface area contributed by atoms with Crippen LogP contribution in [0.5, 0.6) is 0 Å². The lowest BCUT2D eigenvalue weighted by molar-refractivity contribution is 0.632. The van der Waals surface area contributed by atoms with Gasteiger partial charge in [0.25, 0.3) is 0 Å². The van der Waals surface area contributed by atoms with E-state index >= 15 is 0 Å². The van der Waals surface area contributed by atoms with E-state index in [0.29, 0.717) is 21.1 Å². The molecule has 16 heavy (non-hydrogen) atoms. The number of anilines is 2. The molecule has 1 aromatic heterocycles. The van der Waals surface area contributed by atoms with Gasteiger partial charge in [0.15, 0.2) is 0 Å². The van der Waals surface area contributed by atoms with Gasteiger partial charge in [-0.15, -0.1) is 0 Å². The van der Waals surface area contributed by atoms with Gasteiger partial charge in [0.1, 0.15) is 16.2 Å². The normalized spacial score (nSPS) is 10.2. The number of nitrogens with one attached hydrogen (secondary N) is 1. The average molecular weight is 303 g/mol. The van der Waals surface area contributed by atoms with Crippen molar-refractivity contribution in [1.82, 2.24) is 9.97 Å². The highest BCUT2D eigenvalue weighted by atomic mass is 79.9. The van der Waals surface area contributed by atoms with Crippen LogP contribution in [0.3, 0.4) is 0 Å². The number of hydrogen-bond donors (Lipinski definition) is 1. The van der Waals surface area contributed by atoms with E-state index in [1.807, 2.05) is 0 Å². The molecule has 1 N–H and O–H groups in total. The zero-order chi connectivity index (χ0) is 11.5. The number of rotatable bonds is 2. The molecule has 0 unspecified atom stereocenters. The summed E-state index contributed by atoms with van der Waals surface area (Å²) < 4.78 is 14.0. The number of nitrogens with zero attached hydrogens (tertiary/aromatic N) is 2. The minimum absolute atomic E-state index is 0.303. The highest BCUT2D eigenvalue weighted by Gasteiger charge is 2.04. The lowest BCUT2D eigenvalue weighted by Gasteiger charge is -2.06. The molecule has 0 aliphatic rings. The molecule has 1 heterocycles. The minimum atomic E-state index is -0.436. The van der Waals surface area contributed by atoms with Gasteiger partial charge < -0.3 is 5.32 Å². The van der Waals surface area contributed by atoms with Crippen LogP contribution in [-0.4, -0.2) is 9.97 Å². The molecule has 82 valence electrons. The zero-order valence-electron chi connectivity index (χ0n) is 7.92. The van der Waals surface area contributed by atoms with Crippen molar-refractivity contribution in [2.24, 2.45) is 0 Å². The molecule has 0 aliphatic heterocycles. The van der Waals surface area contributed by atoms with Gasteiger partial charge in [-0.3, -0.25) is 4.98 Å². The monoisotopic (exact) mass is 301 g/mol. The van der Waals surface area contributed by atoms with Crippen molar-refractivity contribution in [2.45, 2.75) is 0 Å². The molecule has 0 saturated heterocycles. The highest BCUT2D eigenvalue weighted by molar-refractivity contribution is 9.10. The third kappa shape index (κ3) is 2.68. The van der Waals surface area contributed by atoms with Gasteiger partial charge in [0.05, 0.1) is 18.1 Å². The van der Waals surface area contributed by atoms with Gasteiger partial charge in [0.2, 0.25) is 0 Å². The van der Waals surface area contributed by atoms with Gasteiger partial charge in [-0.25, -0.2) is 9.37 Å². The Hall–Kier alpha value is -1.20. The summed E-state index contributed by atoms with van der Waals surface area (Å²) in [5.41, 5.74) is 0.303. The predicted octanol–water partition coefficient (Wildman–Crippen LogP) is 3.78. The first-order valence-corrected chi connectivity index (χ1v) is 5.52. The lowest BCUT2D eigenvalue weighted by Crippen LogP contribution is -1.97. The van der Waals surface area contributed by atoms with E-state index in [9.17, 15) is 4.39 Å². The first-order valence-electron chi connectivity index (χ1n) is 4.35. The number of benzene rings is 1. The molecular formula is C10H6BrClFN3. The first kappa shape index (κ1) is 11.3. The topological polar surface area (TPSA) is 37.8 Å². The number of hydrogen-bond acceptors (Lipinski definition) is 3. The second-order valence-corrected chi connectivity index (χ2v) is 4.23. The lowest BCUT2D eigenvalue weighted by atomic mass is 10.3. The molecule has 0 spiro atoms. The fourth-order valence-corrected chi connectivity index (χ4v) is 1.60. The Labute approximate surface area is 105 Å². The fourth-order valence-electron chi connectivity index (χ4n) is 1.13. The molecule has 0 bridgehead atoms. The molecule has 1 aromatic carbocycles. The number of halogens is 3. The Kier molecular flexibility index (Phi) is 3.36. The second-order valence-electron chi connectivity index (χ2n) is 2.98. The van der Waals surface area contributed by atoms with Crippen molar-refractivity contribution < 1.29 is 4.39 Å². The van der Waals surface area contributed by atoms with E-state index in [2.05, 4.69) is 31.2 Å². The molecule has 3 nitrogen and oxygen atoms in total. The van der Waals surface area contributed by atoms with Gasteiger partial charge in [-0.2, -0.15) is 0 Å².